The first-order valence-electron chi connectivity index (χ1n) is 12.0. The number of nitrogens with one attached hydrogen (secondary N) is 1. The van der Waals surface area contributed by atoms with Crippen molar-refractivity contribution in [2.45, 2.75) is 25.2 Å². The van der Waals surface area contributed by atoms with E-state index in [4.69, 9.17) is 17.2 Å². The number of thiocarbonyl (C=S) groups is 1. The first-order valence-corrected chi connectivity index (χ1v) is 13.3. The summed E-state index contributed by atoms with van der Waals surface area (Å²) < 4.78 is 0. The maximum Gasteiger partial charge on any atom is 0.273 e. The van der Waals surface area contributed by atoms with Crippen LogP contribution in [-0.4, -0.2) is 66.6 Å². The number of nitrogens with zero attached hydrogens (tertiary/aromatic N) is 4. The highest BCUT2D eigenvalue weighted by Crippen LogP contribution is 2.31. The van der Waals surface area contributed by atoms with E-state index in [0.717, 1.165) is 53.8 Å². The number of piperidine rings is 1. The topological polar surface area (TPSA) is 51.7 Å². The van der Waals surface area contributed by atoms with E-state index in [9.17, 15) is 4.79 Å². The van der Waals surface area contributed by atoms with Crippen LogP contribution in [0, 0.1) is 0 Å². The summed E-state index contributed by atoms with van der Waals surface area (Å²) in [5, 5.41) is 7.09. The number of likely N-dealkylation sites (N-methyl/N-ethyl adjacent to an activating group) is 1. The van der Waals surface area contributed by atoms with Gasteiger partial charge in [0.05, 0.1) is 5.01 Å². The molecule has 1 amide bonds. The van der Waals surface area contributed by atoms with E-state index in [1.807, 2.05) is 44.7 Å². The van der Waals surface area contributed by atoms with Crippen LogP contribution in [0.1, 0.15) is 39.8 Å². The van der Waals surface area contributed by atoms with Crippen LogP contribution < -0.4 is 10.2 Å². The van der Waals surface area contributed by atoms with E-state index in [1.54, 1.807) is 16.2 Å². The highest BCUT2D eigenvalue weighted by Gasteiger charge is 2.26. The number of thiazole rings is 1. The van der Waals surface area contributed by atoms with Crippen molar-refractivity contribution in [3.05, 3.63) is 76.2 Å². The fourth-order valence-corrected chi connectivity index (χ4v) is 5.45. The molecule has 0 atom stereocenters. The molecule has 0 unspecified atom stereocenters. The van der Waals surface area contributed by atoms with Gasteiger partial charge < -0.3 is 20.0 Å². The molecule has 184 valence electrons. The minimum absolute atomic E-state index is 0.00784. The van der Waals surface area contributed by atoms with Gasteiger partial charge in [0.1, 0.15) is 5.69 Å². The van der Waals surface area contributed by atoms with Gasteiger partial charge in [0, 0.05) is 63.5 Å². The van der Waals surface area contributed by atoms with Gasteiger partial charge in [-0.1, -0.05) is 30.3 Å². The molecule has 8 heteroatoms. The van der Waals surface area contributed by atoms with Crippen molar-refractivity contribution in [2.75, 3.05) is 51.0 Å². The van der Waals surface area contributed by atoms with Crippen molar-refractivity contribution in [1.82, 2.24) is 14.8 Å². The lowest BCUT2D eigenvalue weighted by Crippen LogP contribution is -2.40. The lowest BCUT2D eigenvalue weighted by Gasteiger charge is -2.33. The fraction of sp³-hybridized carbons (Fsp3) is 0.370. The number of rotatable bonds is 7. The Kier molecular flexibility index (Phi) is 8.36. The summed E-state index contributed by atoms with van der Waals surface area (Å²) in [6, 6.07) is 18.5. The fourth-order valence-electron chi connectivity index (χ4n) is 4.19. The van der Waals surface area contributed by atoms with Gasteiger partial charge in [-0.3, -0.25) is 4.79 Å². The Hall–Kier alpha value is -2.97. The normalized spacial score (nSPS) is 14.0. The van der Waals surface area contributed by atoms with Crippen molar-refractivity contribution < 1.29 is 4.79 Å². The van der Waals surface area contributed by atoms with E-state index >= 15 is 0 Å². The summed E-state index contributed by atoms with van der Waals surface area (Å²) in [6.07, 6.45) is 2.80. The SMILES string of the molecule is CN(CCc1ccccc1)C(=O)c1csc(C2CCN(C(=S)Nc3ccc(N(C)C)cc3)CC2)n1. The molecule has 0 aliphatic carbocycles. The van der Waals surface area contributed by atoms with Crippen molar-refractivity contribution in [2.24, 2.45) is 0 Å². The predicted octanol–water partition coefficient (Wildman–Crippen LogP) is 5.10. The number of benzene rings is 2. The molecule has 1 saturated heterocycles. The number of likely N-dealkylation sites (tertiary alicyclic amines) is 1. The maximum absolute atomic E-state index is 12.9. The Morgan fingerprint density at radius 2 is 1.77 bits per heavy atom. The Morgan fingerprint density at radius 3 is 2.43 bits per heavy atom. The summed E-state index contributed by atoms with van der Waals surface area (Å²) in [7, 11) is 5.91. The van der Waals surface area contributed by atoms with Crippen molar-refractivity contribution in [3.8, 4) is 0 Å². The van der Waals surface area contributed by atoms with Crippen LogP contribution in [0.25, 0.3) is 0 Å². The molecule has 2 aromatic carbocycles. The Balaban J connectivity index is 1.26. The lowest BCUT2D eigenvalue weighted by molar-refractivity contribution is 0.0791. The largest absolute Gasteiger partial charge is 0.378 e. The molecule has 1 N–H and O–H groups in total. The van der Waals surface area contributed by atoms with Gasteiger partial charge >= 0.3 is 0 Å². The molecule has 3 aromatic rings. The number of amides is 1. The minimum Gasteiger partial charge on any atom is -0.378 e. The Bertz CT molecular complexity index is 1120. The maximum atomic E-state index is 12.9. The highest BCUT2D eigenvalue weighted by molar-refractivity contribution is 7.80. The van der Waals surface area contributed by atoms with Gasteiger partial charge in [0.15, 0.2) is 5.11 Å². The van der Waals surface area contributed by atoms with Crippen LogP contribution in [0.15, 0.2) is 60.0 Å². The smallest absolute Gasteiger partial charge is 0.273 e. The van der Waals surface area contributed by atoms with Crippen LogP contribution >= 0.6 is 23.6 Å². The standard InChI is InChI=1S/C27H33N5OS2/c1-30(2)23-11-9-22(10-12-23)28-27(34)32-17-14-21(15-18-32)25-29-24(19-35-25)26(33)31(3)16-13-20-7-5-4-6-8-20/h4-12,19,21H,13-18H2,1-3H3,(H,28,34). The molecule has 2 heterocycles. The summed E-state index contributed by atoms with van der Waals surface area (Å²) in [5.41, 5.74) is 3.95. The zero-order chi connectivity index (χ0) is 24.8. The first-order chi connectivity index (χ1) is 16.9. The number of hydrogen-bond acceptors (Lipinski definition) is 5. The molecule has 1 aromatic heterocycles. The molecule has 35 heavy (non-hydrogen) atoms. The Labute approximate surface area is 217 Å². The molecule has 0 radical (unpaired) electrons. The van der Waals surface area contributed by atoms with E-state index < -0.39 is 0 Å². The molecule has 4 rings (SSSR count). The lowest BCUT2D eigenvalue weighted by atomic mass is 9.98. The van der Waals surface area contributed by atoms with Crippen molar-refractivity contribution in [1.29, 1.82) is 0 Å². The third-order valence-electron chi connectivity index (χ3n) is 6.43. The second-order valence-electron chi connectivity index (χ2n) is 9.17. The number of anilines is 2. The zero-order valence-corrected chi connectivity index (χ0v) is 22.2. The quantitative estimate of drug-likeness (QED) is 0.449. The van der Waals surface area contributed by atoms with Crippen LogP contribution in [0.5, 0.6) is 0 Å². The molecule has 0 spiro atoms. The van der Waals surface area contributed by atoms with Gasteiger partial charge in [-0.2, -0.15) is 0 Å². The van der Waals surface area contributed by atoms with Gasteiger partial charge in [0.25, 0.3) is 5.91 Å². The highest BCUT2D eigenvalue weighted by atomic mass is 32.1. The molecule has 0 bridgehead atoms. The number of aromatic nitrogens is 1. The zero-order valence-electron chi connectivity index (χ0n) is 20.6. The van der Waals surface area contributed by atoms with Gasteiger partial charge in [-0.25, -0.2) is 4.98 Å². The molecule has 1 aliphatic rings. The monoisotopic (exact) mass is 507 g/mol. The van der Waals surface area contributed by atoms with Crippen molar-refractivity contribution in [3.63, 3.8) is 0 Å². The second-order valence-corrected chi connectivity index (χ2v) is 10.4. The Morgan fingerprint density at radius 1 is 1.09 bits per heavy atom. The van der Waals surface area contributed by atoms with E-state index in [2.05, 4.69) is 51.5 Å². The van der Waals surface area contributed by atoms with Gasteiger partial charge in [-0.15, -0.1) is 11.3 Å². The minimum atomic E-state index is -0.00784. The van der Waals surface area contributed by atoms with Crippen molar-refractivity contribution >= 4 is 45.9 Å². The number of hydrogen-bond donors (Lipinski definition) is 1. The first kappa shape index (κ1) is 25.1. The van der Waals surface area contributed by atoms with Gasteiger partial charge in [-0.05, 0) is 61.3 Å². The molecule has 0 saturated carbocycles. The molecule has 1 fully saturated rings. The molecule has 6 nitrogen and oxygen atoms in total. The van der Waals surface area contributed by atoms with Crippen LogP contribution in [0.3, 0.4) is 0 Å². The summed E-state index contributed by atoms with van der Waals surface area (Å²) >= 11 is 7.27. The average Bonchev–Trinajstić information content (AvgIpc) is 3.38. The summed E-state index contributed by atoms with van der Waals surface area (Å²) in [5.74, 6) is 0.362. The van der Waals surface area contributed by atoms with Gasteiger partial charge in [0.2, 0.25) is 0 Å². The van der Waals surface area contributed by atoms with Crippen LogP contribution in [0.2, 0.25) is 0 Å². The molecular formula is C27H33N5OS2. The van der Waals surface area contributed by atoms with E-state index in [-0.39, 0.29) is 5.91 Å². The second kappa shape index (κ2) is 11.6. The summed E-state index contributed by atoms with van der Waals surface area (Å²) in [6.45, 7) is 2.44. The summed E-state index contributed by atoms with van der Waals surface area (Å²) in [4.78, 5) is 23.7. The van der Waals surface area contributed by atoms with E-state index in [1.165, 1.54) is 5.56 Å². The van der Waals surface area contributed by atoms with Crippen LogP contribution in [0.4, 0.5) is 11.4 Å². The van der Waals surface area contributed by atoms with E-state index in [0.29, 0.717) is 18.2 Å². The molecule has 1 aliphatic heterocycles. The average molecular weight is 508 g/mol. The predicted molar refractivity (Wildman–Crippen MR) is 150 cm³/mol. The number of carbonyl (C=O) groups excluding carboxylic acids is 1. The third-order valence-corrected chi connectivity index (χ3v) is 7.80. The number of carbonyl (C=O) groups is 1. The molecular weight excluding hydrogens is 474 g/mol. The third kappa shape index (κ3) is 6.58. The van der Waals surface area contributed by atoms with Crippen LogP contribution in [-0.2, 0) is 6.42 Å².